The average Bonchev–Trinajstić information content (AvgIpc) is 3.10. The maximum Gasteiger partial charge on any atom is 0.332 e. The number of aromatic nitrogens is 2. The SMILES string of the molecule is CCOC(=O)Cc1cc2c(=O)n(CCC3C=CC=CC3=O)c(=O)n(CC(=O)O)c2s1. The van der Waals surface area contributed by atoms with E-state index in [0.717, 1.165) is 20.5 Å². The number of carboxylic acid groups (broad SMARTS) is 1. The second-order valence-electron chi connectivity index (χ2n) is 6.67. The van der Waals surface area contributed by atoms with Crippen molar-refractivity contribution >= 4 is 39.3 Å². The molecule has 1 atom stereocenters. The molecule has 0 bridgehead atoms. The Morgan fingerprint density at radius 2 is 1.97 bits per heavy atom. The zero-order valence-electron chi connectivity index (χ0n) is 16.2. The fourth-order valence-electron chi connectivity index (χ4n) is 3.24. The van der Waals surface area contributed by atoms with Crippen LogP contribution in [0.1, 0.15) is 18.2 Å². The highest BCUT2D eigenvalue weighted by atomic mass is 32.1. The quantitative estimate of drug-likeness (QED) is 0.620. The molecule has 0 radical (unpaired) electrons. The summed E-state index contributed by atoms with van der Waals surface area (Å²) in [7, 11) is 0. The molecule has 0 aromatic carbocycles. The Bertz CT molecular complexity index is 1180. The van der Waals surface area contributed by atoms with Crippen LogP contribution >= 0.6 is 11.3 Å². The fraction of sp³-hybridized carbons (Fsp3) is 0.350. The number of ketones is 1. The van der Waals surface area contributed by atoms with Crippen molar-refractivity contribution in [3.8, 4) is 0 Å². The number of nitrogens with zero attached hydrogens (tertiary/aromatic N) is 2. The van der Waals surface area contributed by atoms with Gasteiger partial charge in [-0.15, -0.1) is 11.3 Å². The van der Waals surface area contributed by atoms with E-state index in [2.05, 4.69) is 0 Å². The van der Waals surface area contributed by atoms with Crippen molar-refractivity contribution in [1.29, 1.82) is 0 Å². The third-order valence-electron chi connectivity index (χ3n) is 4.61. The predicted octanol–water partition coefficient (Wildman–Crippen LogP) is 1.12. The average molecular weight is 432 g/mol. The lowest BCUT2D eigenvalue weighted by atomic mass is 9.96. The molecule has 2 aromatic rings. The van der Waals surface area contributed by atoms with Gasteiger partial charge in [0.15, 0.2) is 5.78 Å². The first kappa shape index (κ1) is 21.4. The number of carbonyl (C=O) groups excluding carboxylic acids is 2. The van der Waals surface area contributed by atoms with Crippen LogP contribution in [0.5, 0.6) is 0 Å². The van der Waals surface area contributed by atoms with Crippen LogP contribution in [-0.2, 0) is 38.6 Å². The third kappa shape index (κ3) is 4.48. The molecule has 2 heterocycles. The molecule has 3 rings (SSSR count). The smallest absolute Gasteiger partial charge is 0.332 e. The van der Waals surface area contributed by atoms with Gasteiger partial charge in [-0.2, -0.15) is 0 Å². The molecular weight excluding hydrogens is 412 g/mol. The molecule has 0 spiro atoms. The highest BCUT2D eigenvalue weighted by molar-refractivity contribution is 7.18. The first-order chi connectivity index (χ1) is 14.3. The number of aliphatic carboxylic acids is 1. The molecule has 1 aliphatic carbocycles. The minimum absolute atomic E-state index is 0.0368. The summed E-state index contributed by atoms with van der Waals surface area (Å²) in [6, 6.07) is 1.49. The number of esters is 1. The van der Waals surface area contributed by atoms with Gasteiger partial charge in [0, 0.05) is 17.3 Å². The minimum atomic E-state index is -1.24. The molecule has 1 N–H and O–H groups in total. The van der Waals surface area contributed by atoms with Crippen molar-refractivity contribution in [1.82, 2.24) is 9.13 Å². The van der Waals surface area contributed by atoms with Gasteiger partial charge in [0.1, 0.15) is 11.4 Å². The summed E-state index contributed by atoms with van der Waals surface area (Å²) in [5.74, 6) is -2.29. The summed E-state index contributed by atoms with van der Waals surface area (Å²) in [5, 5.41) is 9.38. The van der Waals surface area contributed by atoms with E-state index in [1.807, 2.05) is 0 Å². The molecule has 9 nitrogen and oxygen atoms in total. The number of hydrogen-bond acceptors (Lipinski definition) is 7. The lowest BCUT2D eigenvalue weighted by molar-refractivity contribution is -0.142. The number of ether oxygens (including phenoxy) is 1. The van der Waals surface area contributed by atoms with Gasteiger partial charge in [-0.3, -0.25) is 28.3 Å². The van der Waals surface area contributed by atoms with E-state index in [1.165, 1.54) is 12.1 Å². The Morgan fingerprint density at radius 3 is 2.63 bits per heavy atom. The van der Waals surface area contributed by atoms with Gasteiger partial charge in [0.05, 0.1) is 18.4 Å². The molecule has 10 heteroatoms. The van der Waals surface area contributed by atoms with Crippen LogP contribution in [0.2, 0.25) is 0 Å². The number of fused-ring (bicyclic) bond motifs is 1. The van der Waals surface area contributed by atoms with E-state index in [1.54, 1.807) is 25.2 Å². The van der Waals surface area contributed by atoms with Crippen molar-refractivity contribution in [2.75, 3.05) is 6.61 Å². The van der Waals surface area contributed by atoms with Crippen molar-refractivity contribution in [3.05, 3.63) is 56.1 Å². The van der Waals surface area contributed by atoms with Crippen molar-refractivity contribution in [2.45, 2.75) is 32.9 Å². The van der Waals surface area contributed by atoms with Gasteiger partial charge in [-0.05, 0) is 25.5 Å². The van der Waals surface area contributed by atoms with Crippen LogP contribution in [0.4, 0.5) is 0 Å². The van der Waals surface area contributed by atoms with Crippen molar-refractivity contribution < 1.29 is 24.2 Å². The highest BCUT2D eigenvalue weighted by Gasteiger charge is 2.21. The van der Waals surface area contributed by atoms with Gasteiger partial charge in [0.2, 0.25) is 0 Å². The summed E-state index contributed by atoms with van der Waals surface area (Å²) < 4.78 is 6.87. The molecule has 0 fully saturated rings. The molecular formula is C20H20N2O7S. The summed E-state index contributed by atoms with van der Waals surface area (Å²) in [4.78, 5) is 61.5. The zero-order valence-corrected chi connectivity index (χ0v) is 17.0. The number of thiophene rings is 1. The summed E-state index contributed by atoms with van der Waals surface area (Å²) >= 11 is 1.01. The number of hydrogen-bond donors (Lipinski definition) is 1. The molecule has 30 heavy (non-hydrogen) atoms. The lowest BCUT2D eigenvalue weighted by Crippen LogP contribution is -2.41. The Balaban J connectivity index is 2.03. The number of carboxylic acids is 1. The first-order valence-corrected chi connectivity index (χ1v) is 10.2. The second kappa shape index (κ2) is 9.04. The van der Waals surface area contributed by atoms with E-state index < -0.39 is 35.7 Å². The third-order valence-corrected chi connectivity index (χ3v) is 5.77. The van der Waals surface area contributed by atoms with E-state index in [4.69, 9.17) is 4.74 Å². The topological polar surface area (TPSA) is 125 Å². The van der Waals surface area contributed by atoms with Crippen LogP contribution in [0.15, 0.2) is 40.0 Å². The van der Waals surface area contributed by atoms with Gasteiger partial charge in [-0.25, -0.2) is 4.79 Å². The normalized spacial score (nSPS) is 15.6. The summed E-state index contributed by atoms with van der Waals surface area (Å²) in [6.45, 7) is 1.22. The Hall–Kier alpha value is -3.27. The molecule has 0 saturated carbocycles. The second-order valence-corrected chi connectivity index (χ2v) is 7.79. The van der Waals surface area contributed by atoms with Gasteiger partial charge in [-0.1, -0.05) is 18.2 Å². The van der Waals surface area contributed by atoms with E-state index in [-0.39, 0.29) is 42.0 Å². The standard InChI is InChI=1S/C20H20N2O7S/c1-2-29-17(26)10-13-9-14-18(27)21(8-7-12-5-3-4-6-15(12)23)20(28)22(11-16(24)25)19(14)30-13/h3-6,9,12H,2,7-8,10-11H2,1H3,(H,24,25). The maximum absolute atomic E-state index is 12.9. The zero-order chi connectivity index (χ0) is 21.8. The molecule has 2 aromatic heterocycles. The lowest BCUT2D eigenvalue weighted by Gasteiger charge is -2.14. The molecule has 0 amide bonds. The van der Waals surface area contributed by atoms with Crippen LogP contribution in [0, 0.1) is 5.92 Å². The van der Waals surface area contributed by atoms with Gasteiger partial charge < -0.3 is 9.84 Å². The fourth-order valence-corrected chi connectivity index (χ4v) is 4.36. The molecule has 0 saturated heterocycles. The largest absolute Gasteiger partial charge is 0.480 e. The molecule has 1 unspecified atom stereocenters. The summed E-state index contributed by atoms with van der Waals surface area (Å²) in [6.07, 6.45) is 6.62. The first-order valence-electron chi connectivity index (χ1n) is 9.34. The predicted molar refractivity (Wildman–Crippen MR) is 110 cm³/mol. The number of rotatable bonds is 8. The Kier molecular flexibility index (Phi) is 6.46. The number of carbonyl (C=O) groups is 3. The number of allylic oxidation sites excluding steroid dienone is 4. The highest BCUT2D eigenvalue weighted by Crippen LogP contribution is 2.23. The van der Waals surface area contributed by atoms with Gasteiger partial charge in [0.25, 0.3) is 5.56 Å². The Labute approximate surface area is 174 Å². The van der Waals surface area contributed by atoms with Crippen LogP contribution in [0.3, 0.4) is 0 Å². The van der Waals surface area contributed by atoms with E-state index >= 15 is 0 Å². The maximum atomic E-state index is 12.9. The summed E-state index contributed by atoms with van der Waals surface area (Å²) in [5.41, 5.74) is -1.34. The van der Waals surface area contributed by atoms with E-state index in [0.29, 0.717) is 4.88 Å². The monoisotopic (exact) mass is 432 g/mol. The molecule has 0 aliphatic heterocycles. The van der Waals surface area contributed by atoms with Crippen LogP contribution in [0.25, 0.3) is 10.2 Å². The van der Waals surface area contributed by atoms with Crippen molar-refractivity contribution in [3.63, 3.8) is 0 Å². The van der Waals surface area contributed by atoms with Crippen molar-refractivity contribution in [2.24, 2.45) is 5.92 Å². The Morgan fingerprint density at radius 1 is 1.20 bits per heavy atom. The van der Waals surface area contributed by atoms with Crippen LogP contribution in [-0.4, -0.2) is 38.6 Å². The molecule has 158 valence electrons. The van der Waals surface area contributed by atoms with Crippen LogP contribution < -0.4 is 11.2 Å². The van der Waals surface area contributed by atoms with E-state index in [9.17, 15) is 29.1 Å². The minimum Gasteiger partial charge on any atom is -0.480 e. The van der Waals surface area contributed by atoms with Gasteiger partial charge >= 0.3 is 17.6 Å². The molecule has 1 aliphatic rings.